The molecule has 11 heteroatoms. The van der Waals surface area contributed by atoms with E-state index in [2.05, 4.69) is 28.6 Å². The number of nitrogens with one attached hydrogen (secondary N) is 3. The third-order valence-corrected chi connectivity index (χ3v) is 7.87. The van der Waals surface area contributed by atoms with Crippen LogP contribution in [-0.4, -0.2) is 70.5 Å². The largest absolute Gasteiger partial charge is 0.445 e. The van der Waals surface area contributed by atoms with Gasteiger partial charge in [-0.05, 0) is 43.2 Å². The van der Waals surface area contributed by atoms with Crippen molar-refractivity contribution in [3.05, 3.63) is 71.8 Å². The highest BCUT2D eigenvalue weighted by atomic mass is 32.1. The van der Waals surface area contributed by atoms with E-state index in [0.29, 0.717) is 38.8 Å². The van der Waals surface area contributed by atoms with Crippen LogP contribution in [0.3, 0.4) is 0 Å². The third kappa shape index (κ3) is 7.54. The van der Waals surface area contributed by atoms with Crippen LogP contribution < -0.4 is 16.0 Å². The minimum atomic E-state index is -2.30. The number of likely N-dealkylation sites (tertiary alicyclic amines) is 1. The highest BCUT2D eigenvalue weighted by molar-refractivity contribution is 7.82. The van der Waals surface area contributed by atoms with Gasteiger partial charge in [-0.15, -0.1) is 12.6 Å². The number of nitrogens with zero attached hydrogens (tertiary/aromatic N) is 1. The number of rotatable bonds is 11. The van der Waals surface area contributed by atoms with Crippen molar-refractivity contribution in [2.45, 2.75) is 55.7 Å². The summed E-state index contributed by atoms with van der Waals surface area (Å²) in [6.45, 7) is 1.14. The van der Waals surface area contributed by atoms with Gasteiger partial charge in [0.25, 0.3) is 5.91 Å². The summed E-state index contributed by atoms with van der Waals surface area (Å²) >= 11 is 4.29. The first kappa shape index (κ1) is 29.4. The highest BCUT2D eigenvalue weighted by Gasteiger charge is 2.46. The molecule has 0 radical (unpaired) electrons. The molecule has 4 N–H and O–H groups in total. The fourth-order valence-electron chi connectivity index (χ4n) is 5.06. The third-order valence-electron chi connectivity index (χ3n) is 7.36. The topological polar surface area (TPSA) is 137 Å². The van der Waals surface area contributed by atoms with Gasteiger partial charge in [0.1, 0.15) is 12.6 Å². The van der Waals surface area contributed by atoms with Crippen LogP contribution in [-0.2, 0) is 32.1 Å². The monoisotopic (exact) mass is 568 g/mol. The van der Waals surface area contributed by atoms with E-state index in [1.807, 2.05) is 60.7 Å². The summed E-state index contributed by atoms with van der Waals surface area (Å²) in [5.74, 6) is -2.03. The molecule has 4 amide bonds. The number of carbonyl (C=O) groups is 4. The number of benzene rings is 2. The van der Waals surface area contributed by atoms with Crippen LogP contribution in [0.15, 0.2) is 60.7 Å². The van der Waals surface area contributed by atoms with Gasteiger partial charge in [0.2, 0.25) is 16.7 Å². The SMILES string of the molecule is O=C1NCC[C@H]1C[C@H](NC(=O)[C@@H]1CCCN1C(=O)OCc1ccccc1)[C@](O)(S)C(=O)NCCc1ccccc1. The Balaban J connectivity index is 1.41. The fourth-order valence-corrected chi connectivity index (χ4v) is 5.31. The van der Waals surface area contributed by atoms with Gasteiger partial charge in [0.05, 0.1) is 6.04 Å². The van der Waals surface area contributed by atoms with Crippen LogP contribution in [0, 0.1) is 5.92 Å². The van der Waals surface area contributed by atoms with E-state index >= 15 is 0 Å². The zero-order chi connectivity index (χ0) is 28.5. The highest BCUT2D eigenvalue weighted by Crippen LogP contribution is 2.27. The Hall–Kier alpha value is -3.57. The molecule has 4 rings (SSSR count). The molecule has 40 heavy (non-hydrogen) atoms. The summed E-state index contributed by atoms with van der Waals surface area (Å²) in [4.78, 5) is 50.7. The molecule has 2 aromatic rings. The van der Waals surface area contributed by atoms with Gasteiger partial charge in [-0.3, -0.25) is 19.3 Å². The zero-order valence-corrected chi connectivity index (χ0v) is 23.1. The molecule has 0 bridgehead atoms. The molecule has 2 fully saturated rings. The van der Waals surface area contributed by atoms with E-state index in [1.165, 1.54) is 4.90 Å². The van der Waals surface area contributed by atoms with Gasteiger partial charge in [0, 0.05) is 25.6 Å². The van der Waals surface area contributed by atoms with Crippen LogP contribution in [0.5, 0.6) is 0 Å². The van der Waals surface area contributed by atoms with Gasteiger partial charge >= 0.3 is 6.09 Å². The zero-order valence-electron chi connectivity index (χ0n) is 22.3. The first-order chi connectivity index (χ1) is 19.3. The summed E-state index contributed by atoms with van der Waals surface area (Å²) < 4.78 is 5.43. The number of hydrogen-bond acceptors (Lipinski definition) is 7. The summed E-state index contributed by atoms with van der Waals surface area (Å²) in [6.07, 6.45) is 1.44. The first-order valence-corrected chi connectivity index (χ1v) is 14.0. The minimum Gasteiger partial charge on any atom is -0.445 e. The van der Waals surface area contributed by atoms with Gasteiger partial charge in [0.15, 0.2) is 0 Å². The Labute approximate surface area is 239 Å². The van der Waals surface area contributed by atoms with Gasteiger partial charge in [-0.2, -0.15) is 0 Å². The lowest BCUT2D eigenvalue weighted by atomic mass is 9.93. The van der Waals surface area contributed by atoms with Crippen LogP contribution >= 0.6 is 12.6 Å². The molecular formula is C29H36N4O6S. The number of hydrogen-bond donors (Lipinski definition) is 5. The Morgan fingerprint density at radius 1 is 1.07 bits per heavy atom. The fraction of sp³-hybridized carbons (Fsp3) is 0.448. The van der Waals surface area contributed by atoms with Crippen molar-refractivity contribution >= 4 is 36.4 Å². The normalized spacial score (nSPS) is 20.8. The average Bonchev–Trinajstić information content (AvgIpc) is 3.62. The molecule has 0 spiro atoms. The van der Waals surface area contributed by atoms with Crippen LogP contribution in [0.1, 0.15) is 36.8 Å². The molecule has 2 aliphatic heterocycles. The molecule has 2 heterocycles. The second-order valence-corrected chi connectivity index (χ2v) is 10.9. The van der Waals surface area contributed by atoms with E-state index < -0.39 is 40.8 Å². The number of amides is 4. The molecule has 0 aromatic heterocycles. The number of ether oxygens (including phenoxy) is 1. The predicted molar refractivity (Wildman–Crippen MR) is 151 cm³/mol. The molecule has 10 nitrogen and oxygen atoms in total. The van der Waals surface area contributed by atoms with E-state index in [4.69, 9.17) is 4.74 Å². The van der Waals surface area contributed by atoms with Crippen LogP contribution in [0.2, 0.25) is 0 Å². The summed E-state index contributed by atoms with van der Waals surface area (Å²) in [6, 6.07) is 16.8. The van der Waals surface area contributed by atoms with Gasteiger partial charge in [-0.1, -0.05) is 60.7 Å². The van der Waals surface area contributed by atoms with Gasteiger partial charge in [-0.25, -0.2) is 4.79 Å². The second-order valence-electron chi connectivity index (χ2n) is 10.2. The molecule has 0 saturated carbocycles. The molecule has 0 aliphatic carbocycles. The maximum atomic E-state index is 13.4. The van der Waals surface area contributed by atoms with E-state index in [0.717, 1.165) is 11.1 Å². The van der Waals surface area contributed by atoms with Crippen molar-refractivity contribution in [3.8, 4) is 0 Å². The summed E-state index contributed by atoms with van der Waals surface area (Å²) in [5.41, 5.74) is 1.84. The number of thiol groups is 1. The molecule has 4 atom stereocenters. The molecule has 0 unspecified atom stereocenters. The van der Waals surface area contributed by atoms with Crippen molar-refractivity contribution in [2.75, 3.05) is 19.6 Å². The molecule has 2 aromatic carbocycles. The Kier molecular flexibility index (Phi) is 10.1. The first-order valence-electron chi connectivity index (χ1n) is 13.6. The Bertz CT molecular complexity index is 1180. The Morgan fingerprint density at radius 3 is 2.40 bits per heavy atom. The molecule has 2 saturated heterocycles. The quantitative estimate of drug-likeness (QED) is 0.207. The average molecular weight is 569 g/mol. The summed E-state index contributed by atoms with van der Waals surface area (Å²) in [7, 11) is 0. The van der Waals surface area contributed by atoms with E-state index in [9.17, 15) is 24.3 Å². The summed E-state index contributed by atoms with van der Waals surface area (Å²) in [5, 5.41) is 19.4. The number of carbonyl (C=O) groups excluding carboxylic acids is 4. The van der Waals surface area contributed by atoms with Crippen molar-refractivity contribution in [1.29, 1.82) is 0 Å². The predicted octanol–water partition coefficient (Wildman–Crippen LogP) is 1.78. The molecule has 214 valence electrons. The standard InChI is InChI=1S/C29H36N4O6S/c34-25-22(14-16-30-25)18-24(29(38,40)27(36)31-15-13-20-8-3-1-4-9-20)32-26(35)23-12-7-17-33(23)28(37)39-19-21-10-5-2-6-11-21/h1-6,8-11,22-24,38,40H,7,12-19H2,(H,30,34)(H,31,36)(H,32,35)/t22-,23-,24-,29-/m0/s1. The van der Waals surface area contributed by atoms with Crippen molar-refractivity contribution < 1.29 is 29.0 Å². The van der Waals surface area contributed by atoms with E-state index in [1.54, 1.807) is 0 Å². The lowest BCUT2D eigenvalue weighted by Gasteiger charge is -2.34. The number of aliphatic hydroxyl groups is 1. The van der Waals surface area contributed by atoms with E-state index in [-0.39, 0.29) is 25.5 Å². The molecular weight excluding hydrogens is 532 g/mol. The lowest BCUT2D eigenvalue weighted by molar-refractivity contribution is -0.137. The Morgan fingerprint density at radius 2 is 1.75 bits per heavy atom. The smallest absolute Gasteiger partial charge is 0.410 e. The van der Waals surface area contributed by atoms with Gasteiger partial charge < -0.3 is 25.8 Å². The van der Waals surface area contributed by atoms with Crippen molar-refractivity contribution in [1.82, 2.24) is 20.9 Å². The maximum Gasteiger partial charge on any atom is 0.410 e. The lowest BCUT2D eigenvalue weighted by Crippen LogP contribution is -2.60. The van der Waals surface area contributed by atoms with Crippen molar-refractivity contribution in [3.63, 3.8) is 0 Å². The minimum absolute atomic E-state index is 0.00878. The van der Waals surface area contributed by atoms with Crippen LogP contribution in [0.25, 0.3) is 0 Å². The van der Waals surface area contributed by atoms with Crippen LogP contribution in [0.4, 0.5) is 4.79 Å². The van der Waals surface area contributed by atoms with Crippen molar-refractivity contribution in [2.24, 2.45) is 5.92 Å². The second kappa shape index (κ2) is 13.7. The maximum absolute atomic E-state index is 13.4. The molecule has 2 aliphatic rings.